The number of sulfonamides is 1. The molecule has 0 heterocycles. The minimum absolute atomic E-state index is 0.00562. The third-order valence-electron chi connectivity index (χ3n) is 2.91. The number of nitrogens with zero attached hydrogens (tertiary/aromatic N) is 1. The van der Waals surface area contributed by atoms with Crippen molar-refractivity contribution in [3.8, 4) is 5.75 Å². The van der Waals surface area contributed by atoms with Crippen LogP contribution in [0.4, 0.5) is 0 Å². The van der Waals surface area contributed by atoms with Crippen LogP contribution in [-0.2, 0) is 10.0 Å². The quantitative estimate of drug-likeness (QED) is 0.728. The summed E-state index contributed by atoms with van der Waals surface area (Å²) in [6.45, 7) is 2.11. The molecule has 0 spiro atoms. The molecule has 1 rings (SSSR count). The number of halogens is 2. The Bertz CT molecular complexity index is 580. The van der Waals surface area contributed by atoms with Gasteiger partial charge in [0.25, 0.3) is 0 Å². The van der Waals surface area contributed by atoms with Gasteiger partial charge in [-0.2, -0.15) is 4.31 Å². The summed E-state index contributed by atoms with van der Waals surface area (Å²) in [6.07, 6.45) is 1.57. The number of benzene rings is 1. The zero-order chi connectivity index (χ0) is 16.0. The Morgan fingerprint density at radius 1 is 1.38 bits per heavy atom. The molecular weight excluding hydrogens is 382 g/mol. The third-order valence-corrected chi connectivity index (χ3v) is 5.62. The second-order valence-corrected chi connectivity index (χ2v) is 7.60. The van der Waals surface area contributed by atoms with Gasteiger partial charge in [-0.3, -0.25) is 0 Å². The summed E-state index contributed by atoms with van der Waals surface area (Å²) in [5.74, 6) is 0.207. The van der Waals surface area contributed by atoms with E-state index < -0.39 is 10.0 Å². The molecule has 1 aromatic carbocycles. The van der Waals surface area contributed by atoms with E-state index in [2.05, 4.69) is 15.9 Å². The Morgan fingerprint density at radius 3 is 2.57 bits per heavy atom. The highest BCUT2D eigenvalue weighted by molar-refractivity contribution is 9.10. The van der Waals surface area contributed by atoms with Crippen LogP contribution in [0, 0.1) is 0 Å². The van der Waals surface area contributed by atoms with Gasteiger partial charge in [0.2, 0.25) is 10.0 Å². The van der Waals surface area contributed by atoms with Gasteiger partial charge in [0.05, 0.1) is 18.2 Å². The van der Waals surface area contributed by atoms with E-state index in [-0.39, 0.29) is 23.8 Å². The molecule has 0 aliphatic heterocycles. The fraction of sp³-hybridized carbons (Fsp3) is 0.538. The van der Waals surface area contributed by atoms with Crippen LogP contribution in [-0.4, -0.2) is 44.6 Å². The van der Waals surface area contributed by atoms with Crippen LogP contribution < -0.4 is 4.74 Å². The van der Waals surface area contributed by atoms with Crippen LogP contribution in [0.5, 0.6) is 5.75 Å². The Morgan fingerprint density at radius 2 is 2.05 bits per heavy atom. The maximum absolute atomic E-state index is 12.8. The number of aliphatic hydroxyl groups excluding tert-OH is 1. The molecule has 0 unspecified atom stereocenters. The van der Waals surface area contributed by atoms with Crippen molar-refractivity contribution >= 4 is 37.6 Å². The lowest BCUT2D eigenvalue weighted by Gasteiger charge is -2.22. The first-order valence-electron chi connectivity index (χ1n) is 6.52. The molecular formula is C13H19BrClNO4S. The Labute approximate surface area is 139 Å². The van der Waals surface area contributed by atoms with Crippen molar-refractivity contribution in [2.24, 2.45) is 0 Å². The van der Waals surface area contributed by atoms with Crippen LogP contribution in [0.1, 0.15) is 19.8 Å². The molecule has 0 amide bonds. The molecule has 0 aromatic heterocycles. The summed E-state index contributed by atoms with van der Waals surface area (Å²) >= 11 is 9.20. The summed E-state index contributed by atoms with van der Waals surface area (Å²) in [6, 6.07) is 2.93. The number of methoxy groups -OCH3 is 1. The minimum atomic E-state index is -3.79. The maximum atomic E-state index is 12.8. The first-order chi connectivity index (χ1) is 9.88. The molecule has 1 N–H and O–H groups in total. The van der Waals surface area contributed by atoms with Crippen LogP contribution >= 0.6 is 27.5 Å². The van der Waals surface area contributed by atoms with Gasteiger partial charge < -0.3 is 9.84 Å². The van der Waals surface area contributed by atoms with Gasteiger partial charge in [0.15, 0.2) is 5.75 Å². The van der Waals surface area contributed by atoms with Crippen molar-refractivity contribution < 1.29 is 18.3 Å². The smallest absolute Gasteiger partial charge is 0.246 e. The lowest BCUT2D eigenvalue weighted by Crippen LogP contribution is -2.34. The molecule has 0 saturated heterocycles. The van der Waals surface area contributed by atoms with Gasteiger partial charge in [0.1, 0.15) is 4.90 Å². The lowest BCUT2D eigenvalue weighted by molar-refractivity contribution is 0.252. The predicted octanol–water partition coefficient (Wildman–Crippen LogP) is 2.89. The Hall–Kier alpha value is -0.340. The second kappa shape index (κ2) is 8.33. The molecule has 0 saturated carbocycles. The van der Waals surface area contributed by atoms with Crippen LogP contribution in [0.25, 0.3) is 0 Å². The van der Waals surface area contributed by atoms with E-state index >= 15 is 0 Å². The standard InChI is InChI=1S/C13H19BrClNO4S/c1-3-4-5-16(6-7-17)21(18,19)12-9-10(15)8-11(14)13(12)20-2/h8-9,17H,3-7H2,1-2H3. The predicted molar refractivity (Wildman–Crippen MR) is 86.5 cm³/mol. The van der Waals surface area contributed by atoms with Crippen molar-refractivity contribution in [1.29, 1.82) is 0 Å². The number of rotatable bonds is 8. The molecule has 21 heavy (non-hydrogen) atoms. The van der Waals surface area contributed by atoms with E-state index in [0.717, 1.165) is 6.42 Å². The molecule has 0 aliphatic rings. The SMILES string of the molecule is CCCCN(CCO)S(=O)(=O)c1cc(Cl)cc(Br)c1OC. The third kappa shape index (κ3) is 4.56. The largest absolute Gasteiger partial charge is 0.494 e. The Kier molecular flexibility index (Phi) is 7.42. The molecule has 0 aliphatic carbocycles. The van der Waals surface area contributed by atoms with Crippen molar-refractivity contribution in [1.82, 2.24) is 4.31 Å². The fourth-order valence-corrected chi connectivity index (χ4v) is 4.70. The number of hydrogen-bond acceptors (Lipinski definition) is 4. The molecule has 120 valence electrons. The monoisotopic (exact) mass is 399 g/mol. The van der Waals surface area contributed by atoms with E-state index in [1.165, 1.54) is 17.5 Å². The number of hydrogen-bond donors (Lipinski definition) is 1. The summed E-state index contributed by atoms with van der Waals surface area (Å²) < 4.78 is 32.4. The van der Waals surface area contributed by atoms with Crippen molar-refractivity contribution in [2.75, 3.05) is 26.8 Å². The summed E-state index contributed by atoms with van der Waals surface area (Å²) in [4.78, 5) is -0.00562. The van der Waals surface area contributed by atoms with Gasteiger partial charge in [-0.1, -0.05) is 24.9 Å². The normalized spacial score (nSPS) is 11.9. The highest BCUT2D eigenvalue weighted by atomic mass is 79.9. The molecule has 0 bridgehead atoms. The van der Waals surface area contributed by atoms with E-state index in [0.29, 0.717) is 22.5 Å². The van der Waals surface area contributed by atoms with Gasteiger partial charge in [0, 0.05) is 18.1 Å². The zero-order valence-corrected chi connectivity index (χ0v) is 15.1. The van der Waals surface area contributed by atoms with Gasteiger partial charge in [-0.15, -0.1) is 0 Å². The van der Waals surface area contributed by atoms with Crippen LogP contribution in [0.2, 0.25) is 5.02 Å². The number of ether oxygens (including phenoxy) is 1. The van der Waals surface area contributed by atoms with E-state index in [9.17, 15) is 8.42 Å². The second-order valence-electron chi connectivity index (χ2n) is 4.40. The summed E-state index contributed by atoms with van der Waals surface area (Å²) in [5, 5.41) is 9.40. The fourth-order valence-electron chi connectivity index (χ4n) is 1.86. The molecule has 0 atom stereocenters. The van der Waals surface area contributed by atoms with Gasteiger partial charge in [-0.25, -0.2) is 8.42 Å². The minimum Gasteiger partial charge on any atom is -0.494 e. The first-order valence-corrected chi connectivity index (χ1v) is 9.13. The maximum Gasteiger partial charge on any atom is 0.246 e. The average molecular weight is 401 g/mol. The van der Waals surface area contributed by atoms with E-state index in [1.54, 1.807) is 6.07 Å². The van der Waals surface area contributed by atoms with E-state index in [4.69, 9.17) is 21.4 Å². The van der Waals surface area contributed by atoms with Gasteiger partial charge in [-0.05, 0) is 34.5 Å². The lowest BCUT2D eigenvalue weighted by atomic mass is 10.3. The van der Waals surface area contributed by atoms with Crippen LogP contribution in [0.3, 0.4) is 0 Å². The number of unbranched alkanes of at least 4 members (excludes halogenated alkanes) is 1. The molecule has 1 aromatic rings. The highest BCUT2D eigenvalue weighted by Crippen LogP contribution is 2.36. The van der Waals surface area contributed by atoms with Crippen molar-refractivity contribution in [2.45, 2.75) is 24.7 Å². The first kappa shape index (κ1) is 18.7. The zero-order valence-electron chi connectivity index (χ0n) is 12.0. The topological polar surface area (TPSA) is 66.8 Å². The van der Waals surface area contributed by atoms with Crippen LogP contribution in [0.15, 0.2) is 21.5 Å². The molecule has 5 nitrogen and oxygen atoms in total. The van der Waals surface area contributed by atoms with Crippen molar-refractivity contribution in [3.63, 3.8) is 0 Å². The van der Waals surface area contributed by atoms with Gasteiger partial charge >= 0.3 is 0 Å². The molecule has 8 heteroatoms. The summed E-state index contributed by atoms with van der Waals surface area (Å²) in [7, 11) is -2.39. The van der Waals surface area contributed by atoms with E-state index in [1.807, 2.05) is 6.92 Å². The molecule has 0 radical (unpaired) electrons. The molecule has 0 fully saturated rings. The van der Waals surface area contributed by atoms with Crippen molar-refractivity contribution in [3.05, 3.63) is 21.6 Å². The number of aliphatic hydroxyl groups is 1. The Balaban J connectivity index is 3.33. The average Bonchev–Trinajstić information content (AvgIpc) is 2.42. The summed E-state index contributed by atoms with van der Waals surface area (Å²) in [5.41, 5.74) is 0. The highest BCUT2D eigenvalue weighted by Gasteiger charge is 2.28.